The van der Waals surface area contributed by atoms with Crippen molar-refractivity contribution in [3.05, 3.63) is 17.6 Å². The molecule has 1 saturated heterocycles. The lowest BCUT2D eigenvalue weighted by Crippen LogP contribution is -2.46. The average molecular weight is 305 g/mol. The molecule has 0 atom stereocenters. The van der Waals surface area contributed by atoms with Crippen LogP contribution < -0.4 is 4.90 Å². The highest BCUT2D eigenvalue weighted by Gasteiger charge is 2.20. The number of nitrogens with zero attached hydrogens (tertiary/aromatic N) is 5. The highest BCUT2D eigenvalue weighted by Crippen LogP contribution is 2.16. The van der Waals surface area contributed by atoms with Crippen molar-refractivity contribution in [1.29, 1.82) is 0 Å². The zero-order valence-electron chi connectivity index (χ0n) is 14.2. The number of aryl methyl sites for hydroxylation is 1. The molecular formula is C16H27N5O. The van der Waals surface area contributed by atoms with Crippen LogP contribution in [0.5, 0.6) is 0 Å². The Morgan fingerprint density at radius 1 is 1.14 bits per heavy atom. The third kappa shape index (κ3) is 3.74. The molecule has 6 heteroatoms. The van der Waals surface area contributed by atoms with Gasteiger partial charge in [-0.25, -0.2) is 9.97 Å². The molecule has 0 bridgehead atoms. The Kier molecular flexibility index (Phi) is 5.71. The molecule has 1 aromatic rings. The van der Waals surface area contributed by atoms with Crippen molar-refractivity contribution >= 4 is 11.7 Å². The number of hydrogen-bond donors (Lipinski definition) is 0. The summed E-state index contributed by atoms with van der Waals surface area (Å²) in [6, 6.07) is 1.84. The van der Waals surface area contributed by atoms with Crippen LogP contribution in [0.15, 0.2) is 6.07 Å². The van der Waals surface area contributed by atoms with Gasteiger partial charge >= 0.3 is 0 Å². The number of hydrogen-bond acceptors (Lipinski definition) is 5. The first-order valence-corrected chi connectivity index (χ1v) is 8.21. The quantitative estimate of drug-likeness (QED) is 0.823. The van der Waals surface area contributed by atoms with Gasteiger partial charge in [0.05, 0.1) is 0 Å². The zero-order valence-corrected chi connectivity index (χ0v) is 14.2. The summed E-state index contributed by atoms with van der Waals surface area (Å²) in [6.45, 7) is 14.5. The summed E-state index contributed by atoms with van der Waals surface area (Å²) >= 11 is 0. The predicted molar refractivity (Wildman–Crippen MR) is 88.3 cm³/mol. The van der Waals surface area contributed by atoms with Gasteiger partial charge in [-0.15, -0.1) is 0 Å². The van der Waals surface area contributed by atoms with Crippen molar-refractivity contribution in [2.45, 2.75) is 27.7 Å². The molecule has 2 heterocycles. The first kappa shape index (κ1) is 16.7. The molecule has 0 aromatic carbocycles. The number of aromatic nitrogens is 2. The van der Waals surface area contributed by atoms with Crippen molar-refractivity contribution < 1.29 is 4.79 Å². The molecule has 6 nitrogen and oxygen atoms in total. The van der Waals surface area contributed by atoms with E-state index in [2.05, 4.69) is 26.7 Å². The summed E-state index contributed by atoms with van der Waals surface area (Å²) in [5.41, 5.74) is 0.504. The molecule has 0 unspecified atom stereocenters. The van der Waals surface area contributed by atoms with Crippen LogP contribution in [0.4, 0.5) is 5.82 Å². The van der Waals surface area contributed by atoms with E-state index >= 15 is 0 Å². The van der Waals surface area contributed by atoms with E-state index in [-0.39, 0.29) is 5.91 Å². The number of anilines is 1. The molecule has 1 aliphatic rings. The first-order valence-electron chi connectivity index (χ1n) is 8.21. The molecule has 1 fully saturated rings. The normalized spacial score (nSPS) is 15.9. The van der Waals surface area contributed by atoms with Gasteiger partial charge < -0.3 is 14.7 Å². The molecule has 0 spiro atoms. The van der Waals surface area contributed by atoms with Crippen molar-refractivity contribution in [2.24, 2.45) is 0 Å². The van der Waals surface area contributed by atoms with E-state index in [4.69, 9.17) is 0 Å². The molecule has 22 heavy (non-hydrogen) atoms. The highest BCUT2D eigenvalue weighted by molar-refractivity contribution is 5.93. The number of carbonyl (C=O) groups excluding carboxylic acids is 1. The largest absolute Gasteiger partial charge is 0.354 e. The maximum atomic E-state index is 12.5. The van der Waals surface area contributed by atoms with Crippen molar-refractivity contribution in [1.82, 2.24) is 19.8 Å². The van der Waals surface area contributed by atoms with E-state index < -0.39 is 0 Å². The Balaban J connectivity index is 2.18. The Bertz CT molecular complexity index is 507. The van der Waals surface area contributed by atoms with Crippen molar-refractivity contribution in [3.63, 3.8) is 0 Å². The first-order chi connectivity index (χ1) is 10.6. The van der Waals surface area contributed by atoms with Crippen LogP contribution in [0.25, 0.3) is 0 Å². The van der Waals surface area contributed by atoms with Gasteiger partial charge in [0, 0.05) is 45.3 Å². The standard InChI is InChI=1S/C16H27N5O/c1-5-19-8-10-21(11-9-19)15-12-14(17-13(4)18-15)16(22)20(6-2)7-3/h12H,5-11H2,1-4H3. The minimum Gasteiger partial charge on any atom is -0.354 e. The lowest BCUT2D eigenvalue weighted by molar-refractivity contribution is 0.0766. The molecule has 1 aromatic heterocycles. The van der Waals surface area contributed by atoms with Gasteiger partial charge in [0.25, 0.3) is 5.91 Å². The summed E-state index contributed by atoms with van der Waals surface area (Å²) < 4.78 is 0. The van der Waals surface area contributed by atoms with Gasteiger partial charge in [-0.1, -0.05) is 6.92 Å². The number of likely N-dealkylation sites (N-methyl/N-ethyl adjacent to an activating group) is 1. The van der Waals surface area contributed by atoms with Crippen LogP contribution in [0.3, 0.4) is 0 Å². The molecule has 2 rings (SSSR count). The van der Waals surface area contributed by atoms with Crippen LogP contribution >= 0.6 is 0 Å². The van der Waals surface area contributed by atoms with E-state index in [0.29, 0.717) is 24.6 Å². The van der Waals surface area contributed by atoms with Gasteiger partial charge in [-0.3, -0.25) is 4.79 Å². The second-order valence-corrected chi connectivity index (χ2v) is 5.56. The topological polar surface area (TPSA) is 52.6 Å². The van der Waals surface area contributed by atoms with E-state index in [0.717, 1.165) is 38.5 Å². The number of rotatable bonds is 5. The van der Waals surface area contributed by atoms with E-state index in [1.807, 2.05) is 26.8 Å². The minimum atomic E-state index is -0.0102. The summed E-state index contributed by atoms with van der Waals surface area (Å²) in [5, 5.41) is 0. The summed E-state index contributed by atoms with van der Waals surface area (Å²) in [4.78, 5) is 27.8. The van der Waals surface area contributed by atoms with Gasteiger partial charge in [0.15, 0.2) is 0 Å². The summed E-state index contributed by atoms with van der Waals surface area (Å²) in [6.07, 6.45) is 0. The van der Waals surface area contributed by atoms with Crippen LogP contribution in [-0.2, 0) is 0 Å². The molecule has 0 radical (unpaired) electrons. The minimum absolute atomic E-state index is 0.0102. The fourth-order valence-corrected chi connectivity index (χ4v) is 2.79. The van der Waals surface area contributed by atoms with Gasteiger partial charge in [0.2, 0.25) is 0 Å². The number of carbonyl (C=O) groups is 1. The van der Waals surface area contributed by atoms with Crippen LogP contribution in [0, 0.1) is 6.92 Å². The Hall–Kier alpha value is -1.69. The van der Waals surface area contributed by atoms with Crippen LogP contribution in [-0.4, -0.2) is 71.5 Å². The van der Waals surface area contributed by atoms with Crippen molar-refractivity contribution in [3.8, 4) is 0 Å². The van der Waals surface area contributed by atoms with Crippen LogP contribution in [0.1, 0.15) is 37.1 Å². The SMILES string of the molecule is CCN1CCN(c2cc(C(=O)N(CC)CC)nc(C)n2)CC1. The van der Waals surface area contributed by atoms with E-state index in [9.17, 15) is 4.79 Å². The third-order valence-corrected chi connectivity index (χ3v) is 4.24. The molecule has 122 valence electrons. The van der Waals surface area contributed by atoms with Gasteiger partial charge in [-0.2, -0.15) is 0 Å². The van der Waals surface area contributed by atoms with E-state index in [1.54, 1.807) is 4.90 Å². The fourth-order valence-electron chi connectivity index (χ4n) is 2.79. The monoisotopic (exact) mass is 305 g/mol. The molecule has 0 N–H and O–H groups in total. The van der Waals surface area contributed by atoms with E-state index in [1.165, 1.54) is 0 Å². The molecular weight excluding hydrogens is 278 g/mol. The Morgan fingerprint density at radius 3 is 2.32 bits per heavy atom. The molecule has 1 aliphatic heterocycles. The zero-order chi connectivity index (χ0) is 16.1. The third-order valence-electron chi connectivity index (χ3n) is 4.24. The summed E-state index contributed by atoms with van der Waals surface area (Å²) in [5.74, 6) is 1.52. The maximum absolute atomic E-state index is 12.5. The Morgan fingerprint density at radius 2 is 1.77 bits per heavy atom. The second-order valence-electron chi connectivity index (χ2n) is 5.56. The van der Waals surface area contributed by atoms with Gasteiger partial charge in [0.1, 0.15) is 17.3 Å². The Labute approximate surface area is 133 Å². The second kappa shape index (κ2) is 7.54. The summed E-state index contributed by atoms with van der Waals surface area (Å²) in [7, 11) is 0. The number of piperazine rings is 1. The number of amides is 1. The van der Waals surface area contributed by atoms with Gasteiger partial charge in [-0.05, 0) is 27.3 Å². The predicted octanol–water partition coefficient (Wildman–Crippen LogP) is 1.41. The average Bonchev–Trinajstić information content (AvgIpc) is 2.55. The lowest BCUT2D eigenvalue weighted by atomic mass is 10.2. The molecule has 0 aliphatic carbocycles. The lowest BCUT2D eigenvalue weighted by Gasteiger charge is -2.35. The molecule has 1 amide bonds. The van der Waals surface area contributed by atoms with Crippen molar-refractivity contribution in [2.75, 3.05) is 50.7 Å². The highest BCUT2D eigenvalue weighted by atomic mass is 16.2. The van der Waals surface area contributed by atoms with Crippen LogP contribution in [0.2, 0.25) is 0 Å². The fraction of sp³-hybridized carbons (Fsp3) is 0.688. The smallest absolute Gasteiger partial charge is 0.272 e. The molecule has 0 saturated carbocycles. The maximum Gasteiger partial charge on any atom is 0.272 e.